The van der Waals surface area contributed by atoms with Crippen LogP contribution in [0, 0.1) is 5.92 Å². The van der Waals surface area contributed by atoms with E-state index in [1.165, 1.54) is 12.8 Å². The SMILES string of the molecule is CC(CC(=O)CC1CC1)NC(=O)OC(C)(C)C. The molecule has 4 nitrogen and oxygen atoms in total. The molecule has 0 radical (unpaired) electrons. The Morgan fingerprint density at radius 2 is 1.94 bits per heavy atom. The van der Waals surface area contributed by atoms with E-state index in [1.807, 2.05) is 27.7 Å². The van der Waals surface area contributed by atoms with Crippen LogP contribution in [0.1, 0.15) is 53.4 Å². The summed E-state index contributed by atoms with van der Waals surface area (Å²) in [6.07, 6.45) is 2.97. The van der Waals surface area contributed by atoms with Gasteiger partial charge in [-0.15, -0.1) is 0 Å². The summed E-state index contributed by atoms with van der Waals surface area (Å²) < 4.78 is 5.12. The Labute approximate surface area is 103 Å². The normalized spacial score (nSPS) is 17.4. The van der Waals surface area contributed by atoms with Crippen molar-refractivity contribution in [2.75, 3.05) is 0 Å². The van der Waals surface area contributed by atoms with Crippen LogP contribution in [0.4, 0.5) is 4.79 Å². The summed E-state index contributed by atoms with van der Waals surface area (Å²) in [5.74, 6) is 0.840. The molecule has 0 aromatic carbocycles. The zero-order valence-electron chi connectivity index (χ0n) is 11.2. The first-order chi connectivity index (χ1) is 7.76. The van der Waals surface area contributed by atoms with Gasteiger partial charge in [0.2, 0.25) is 0 Å². The summed E-state index contributed by atoms with van der Waals surface area (Å²) in [6.45, 7) is 7.27. The standard InChI is InChI=1S/C13H23NO3/c1-9(7-11(15)8-10-5-6-10)14-12(16)17-13(2,3)4/h9-10H,5-8H2,1-4H3,(H,14,16). The minimum absolute atomic E-state index is 0.156. The molecule has 0 bridgehead atoms. The second-order valence-electron chi connectivity index (χ2n) is 5.94. The van der Waals surface area contributed by atoms with Gasteiger partial charge in [0, 0.05) is 18.9 Å². The van der Waals surface area contributed by atoms with Gasteiger partial charge < -0.3 is 10.1 Å². The molecule has 1 atom stereocenters. The summed E-state index contributed by atoms with van der Waals surface area (Å²) in [5, 5.41) is 2.68. The van der Waals surface area contributed by atoms with E-state index >= 15 is 0 Å². The van der Waals surface area contributed by atoms with Crippen LogP contribution in [-0.2, 0) is 9.53 Å². The predicted octanol–water partition coefficient (Wildman–Crippen LogP) is 2.66. The third-order valence-corrected chi connectivity index (χ3v) is 2.51. The molecule has 0 aliphatic heterocycles. The fourth-order valence-electron chi connectivity index (χ4n) is 1.63. The largest absolute Gasteiger partial charge is 0.444 e. The summed E-state index contributed by atoms with van der Waals surface area (Å²) in [6, 6.07) is -0.156. The number of amides is 1. The molecule has 0 heterocycles. The van der Waals surface area contributed by atoms with Gasteiger partial charge in [0.15, 0.2) is 0 Å². The molecule has 1 saturated carbocycles. The van der Waals surface area contributed by atoms with Gasteiger partial charge in [0.1, 0.15) is 11.4 Å². The number of nitrogens with one attached hydrogen (secondary N) is 1. The first kappa shape index (κ1) is 14.0. The van der Waals surface area contributed by atoms with Crippen molar-refractivity contribution < 1.29 is 14.3 Å². The van der Waals surface area contributed by atoms with Crippen molar-refractivity contribution in [3.8, 4) is 0 Å². The lowest BCUT2D eigenvalue weighted by molar-refractivity contribution is -0.119. The molecule has 1 N–H and O–H groups in total. The highest BCUT2D eigenvalue weighted by Gasteiger charge is 2.25. The van der Waals surface area contributed by atoms with Crippen molar-refractivity contribution >= 4 is 11.9 Å². The Morgan fingerprint density at radius 3 is 2.41 bits per heavy atom. The molecule has 1 aliphatic rings. The van der Waals surface area contributed by atoms with Gasteiger partial charge in [-0.05, 0) is 46.5 Å². The van der Waals surface area contributed by atoms with E-state index in [9.17, 15) is 9.59 Å². The maximum atomic E-state index is 11.6. The van der Waals surface area contributed by atoms with E-state index in [4.69, 9.17) is 4.74 Å². The number of hydrogen-bond acceptors (Lipinski definition) is 3. The molecular weight excluding hydrogens is 218 g/mol. The van der Waals surface area contributed by atoms with Crippen LogP contribution in [0.25, 0.3) is 0 Å². The van der Waals surface area contributed by atoms with Crippen LogP contribution >= 0.6 is 0 Å². The van der Waals surface area contributed by atoms with Gasteiger partial charge >= 0.3 is 6.09 Å². The molecule has 1 rings (SSSR count). The molecule has 1 aliphatic carbocycles. The van der Waals surface area contributed by atoms with Gasteiger partial charge in [0.25, 0.3) is 0 Å². The van der Waals surface area contributed by atoms with Crippen LogP contribution in [0.15, 0.2) is 0 Å². The lowest BCUT2D eigenvalue weighted by Gasteiger charge is -2.21. The van der Waals surface area contributed by atoms with E-state index in [2.05, 4.69) is 5.32 Å². The van der Waals surface area contributed by atoms with Crippen LogP contribution in [0.2, 0.25) is 0 Å². The van der Waals surface area contributed by atoms with Crippen molar-refractivity contribution in [1.29, 1.82) is 0 Å². The fourth-order valence-corrected chi connectivity index (χ4v) is 1.63. The maximum Gasteiger partial charge on any atom is 0.407 e. The summed E-state index contributed by atoms with van der Waals surface area (Å²) >= 11 is 0. The number of Topliss-reactive ketones (excluding diaryl/α,β-unsaturated/α-hetero) is 1. The highest BCUT2D eigenvalue weighted by Crippen LogP contribution is 2.32. The average Bonchev–Trinajstić information content (AvgIpc) is 2.82. The first-order valence-corrected chi connectivity index (χ1v) is 6.27. The quantitative estimate of drug-likeness (QED) is 0.805. The Balaban J connectivity index is 2.20. The first-order valence-electron chi connectivity index (χ1n) is 6.27. The number of hydrogen-bond donors (Lipinski definition) is 1. The van der Waals surface area contributed by atoms with Crippen molar-refractivity contribution in [2.45, 2.75) is 65.0 Å². The average molecular weight is 241 g/mol. The highest BCUT2D eigenvalue weighted by molar-refractivity contribution is 5.80. The zero-order chi connectivity index (χ0) is 13.1. The monoisotopic (exact) mass is 241 g/mol. The fraction of sp³-hybridized carbons (Fsp3) is 0.846. The van der Waals surface area contributed by atoms with Gasteiger partial charge in [-0.25, -0.2) is 4.79 Å². The van der Waals surface area contributed by atoms with Crippen molar-refractivity contribution in [1.82, 2.24) is 5.32 Å². The van der Waals surface area contributed by atoms with Crippen LogP contribution in [0.3, 0.4) is 0 Å². The van der Waals surface area contributed by atoms with E-state index in [0.717, 1.165) is 0 Å². The van der Waals surface area contributed by atoms with Gasteiger partial charge in [-0.2, -0.15) is 0 Å². The topological polar surface area (TPSA) is 55.4 Å². The Kier molecular flexibility index (Phi) is 4.54. The van der Waals surface area contributed by atoms with Gasteiger partial charge in [-0.3, -0.25) is 4.79 Å². The Morgan fingerprint density at radius 1 is 1.35 bits per heavy atom. The molecule has 0 saturated heterocycles. The molecular formula is C13H23NO3. The molecule has 4 heteroatoms. The van der Waals surface area contributed by atoms with Gasteiger partial charge in [0.05, 0.1) is 0 Å². The zero-order valence-corrected chi connectivity index (χ0v) is 11.2. The summed E-state index contributed by atoms with van der Waals surface area (Å²) in [4.78, 5) is 23.0. The molecule has 0 spiro atoms. The summed E-state index contributed by atoms with van der Waals surface area (Å²) in [5.41, 5.74) is -0.498. The minimum Gasteiger partial charge on any atom is -0.444 e. The number of rotatable bonds is 5. The predicted molar refractivity (Wildman–Crippen MR) is 65.8 cm³/mol. The second kappa shape index (κ2) is 5.52. The Hall–Kier alpha value is -1.06. The molecule has 1 fully saturated rings. The third kappa shape index (κ3) is 6.97. The molecule has 0 aromatic rings. The third-order valence-electron chi connectivity index (χ3n) is 2.51. The molecule has 0 aromatic heterocycles. The van der Waals surface area contributed by atoms with Crippen molar-refractivity contribution in [3.05, 3.63) is 0 Å². The van der Waals surface area contributed by atoms with Crippen LogP contribution in [-0.4, -0.2) is 23.5 Å². The number of alkyl carbamates (subject to hydrolysis) is 1. The van der Waals surface area contributed by atoms with Crippen LogP contribution < -0.4 is 5.32 Å². The van der Waals surface area contributed by atoms with Crippen molar-refractivity contribution in [2.24, 2.45) is 5.92 Å². The second-order valence-corrected chi connectivity index (χ2v) is 5.94. The lowest BCUT2D eigenvalue weighted by Crippen LogP contribution is -2.38. The van der Waals surface area contributed by atoms with Gasteiger partial charge in [-0.1, -0.05) is 0 Å². The number of ketones is 1. The molecule has 1 unspecified atom stereocenters. The smallest absolute Gasteiger partial charge is 0.407 e. The minimum atomic E-state index is -0.498. The van der Waals surface area contributed by atoms with E-state index in [0.29, 0.717) is 18.8 Å². The van der Waals surface area contributed by atoms with Crippen molar-refractivity contribution in [3.63, 3.8) is 0 Å². The molecule has 98 valence electrons. The highest BCUT2D eigenvalue weighted by atomic mass is 16.6. The number of ether oxygens (including phenoxy) is 1. The lowest BCUT2D eigenvalue weighted by atomic mass is 10.1. The molecule has 1 amide bonds. The number of carbonyl (C=O) groups excluding carboxylic acids is 2. The van der Waals surface area contributed by atoms with E-state index in [-0.39, 0.29) is 11.8 Å². The van der Waals surface area contributed by atoms with Crippen LogP contribution in [0.5, 0.6) is 0 Å². The summed E-state index contributed by atoms with van der Waals surface area (Å²) in [7, 11) is 0. The Bertz CT molecular complexity index is 290. The maximum absolute atomic E-state index is 11.6. The molecule has 17 heavy (non-hydrogen) atoms. The van der Waals surface area contributed by atoms with E-state index in [1.54, 1.807) is 0 Å². The van der Waals surface area contributed by atoms with E-state index < -0.39 is 11.7 Å². The number of carbonyl (C=O) groups is 2.